The molecular weight excluding hydrogens is 166 g/mol. The summed E-state index contributed by atoms with van der Waals surface area (Å²) in [6.45, 7) is 0.604. The van der Waals surface area contributed by atoms with Crippen LogP contribution in [0, 0.1) is 0 Å². The third-order valence-corrected chi connectivity index (χ3v) is 1.77. The number of aromatic nitrogens is 1. The van der Waals surface area contributed by atoms with Crippen molar-refractivity contribution in [2.24, 2.45) is 11.5 Å². The van der Waals surface area contributed by atoms with Gasteiger partial charge in [-0.2, -0.15) is 0 Å². The van der Waals surface area contributed by atoms with E-state index in [0.717, 1.165) is 18.4 Å². The van der Waals surface area contributed by atoms with E-state index in [9.17, 15) is 4.79 Å². The highest BCUT2D eigenvalue weighted by Crippen LogP contribution is 2.06. The van der Waals surface area contributed by atoms with Gasteiger partial charge < -0.3 is 11.5 Å². The summed E-state index contributed by atoms with van der Waals surface area (Å²) in [5, 5.41) is 0. The molecule has 0 saturated heterocycles. The van der Waals surface area contributed by atoms with Crippen LogP contribution < -0.4 is 11.5 Å². The van der Waals surface area contributed by atoms with Crippen LogP contribution in [0.5, 0.6) is 0 Å². The molecule has 0 bridgehead atoms. The van der Waals surface area contributed by atoms with Crippen molar-refractivity contribution in [3.05, 3.63) is 29.6 Å². The van der Waals surface area contributed by atoms with Crippen molar-refractivity contribution in [2.45, 2.75) is 12.8 Å². The SMILES string of the molecule is NCCCc1cccnc1C(N)=O. The van der Waals surface area contributed by atoms with Crippen LogP contribution >= 0.6 is 0 Å². The zero-order chi connectivity index (χ0) is 9.68. The van der Waals surface area contributed by atoms with E-state index >= 15 is 0 Å². The van der Waals surface area contributed by atoms with Crippen LogP contribution in [0.25, 0.3) is 0 Å². The van der Waals surface area contributed by atoms with E-state index in [4.69, 9.17) is 11.5 Å². The minimum Gasteiger partial charge on any atom is -0.364 e. The number of nitrogens with two attached hydrogens (primary N) is 2. The maximum Gasteiger partial charge on any atom is 0.267 e. The van der Waals surface area contributed by atoms with Crippen molar-refractivity contribution >= 4 is 5.91 Å². The van der Waals surface area contributed by atoms with Gasteiger partial charge in [0, 0.05) is 6.20 Å². The normalized spacial score (nSPS) is 9.92. The molecule has 4 heteroatoms. The molecule has 1 heterocycles. The van der Waals surface area contributed by atoms with Crippen LogP contribution in [-0.4, -0.2) is 17.4 Å². The van der Waals surface area contributed by atoms with Crippen molar-refractivity contribution in [1.82, 2.24) is 4.98 Å². The van der Waals surface area contributed by atoms with Gasteiger partial charge in [-0.1, -0.05) is 6.07 Å². The zero-order valence-electron chi connectivity index (χ0n) is 7.36. The summed E-state index contributed by atoms with van der Waals surface area (Å²) < 4.78 is 0. The highest BCUT2D eigenvalue weighted by molar-refractivity contribution is 5.92. The molecule has 0 unspecified atom stereocenters. The Balaban J connectivity index is 2.84. The van der Waals surface area contributed by atoms with E-state index in [2.05, 4.69) is 4.98 Å². The number of carbonyl (C=O) groups excluding carboxylic acids is 1. The van der Waals surface area contributed by atoms with Crippen molar-refractivity contribution in [1.29, 1.82) is 0 Å². The van der Waals surface area contributed by atoms with Crippen molar-refractivity contribution in [2.75, 3.05) is 6.54 Å². The quantitative estimate of drug-likeness (QED) is 0.686. The second-order valence-corrected chi connectivity index (χ2v) is 2.77. The number of rotatable bonds is 4. The molecule has 1 aromatic rings. The summed E-state index contributed by atoms with van der Waals surface area (Å²) >= 11 is 0. The molecule has 0 aliphatic rings. The van der Waals surface area contributed by atoms with E-state index in [0.29, 0.717) is 12.2 Å². The Labute approximate surface area is 77.0 Å². The molecule has 4 nitrogen and oxygen atoms in total. The highest BCUT2D eigenvalue weighted by Gasteiger charge is 2.07. The van der Waals surface area contributed by atoms with Crippen LogP contribution in [-0.2, 0) is 6.42 Å². The number of pyridine rings is 1. The molecule has 4 N–H and O–H groups in total. The van der Waals surface area contributed by atoms with Gasteiger partial charge in [-0.25, -0.2) is 0 Å². The van der Waals surface area contributed by atoms with Gasteiger partial charge in [0.1, 0.15) is 5.69 Å². The van der Waals surface area contributed by atoms with E-state index in [1.165, 1.54) is 0 Å². The summed E-state index contributed by atoms with van der Waals surface area (Å²) in [6, 6.07) is 3.64. The fraction of sp³-hybridized carbons (Fsp3) is 0.333. The maximum absolute atomic E-state index is 10.9. The second-order valence-electron chi connectivity index (χ2n) is 2.77. The molecule has 0 saturated carbocycles. The lowest BCUT2D eigenvalue weighted by molar-refractivity contribution is 0.0994. The number of carbonyl (C=O) groups is 1. The first-order chi connectivity index (χ1) is 6.25. The molecule has 0 radical (unpaired) electrons. The zero-order valence-corrected chi connectivity index (χ0v) is 7.36. The van der Waals surface area contributed by atoms with Gasteiger partial charge in [-0.3, -0.25) is 9.78 Å². The first-order valence-electron chi connectivity index (χ1n) is 4.19. The minimum absolute atomic E-state index is 0.357. The van der Waals surface area contributed by atoms with Gasteiger partial charge in [0.05, 0.1) is 0 Å². The first-order valence-corrected chi connectivity index (χ1v) is 4.19. The summed E-state index contributed by atoms with van der Waals surface area (Å²) in [4.78, 5) is 14.8. The molecule has 0 atom stereocenters. The van der Waals surface area contributed by atoms with Gasteiger partial charge in [0.25, 0.3) is 5.91 Å². The molecular formula is C9H13N3O. The van der Waals surface area contributed by atoms with Gasteiger partial charge in [-0.05, 0) is 31.0 Å². The second kappa shape index (κ2) is 4.57. The molecule has 13 heavy (non-hydrogen) atoms. The Kier molecular flexibility index (Phi) is 3.40. The largest absolute Gasteiger partial charge is 0.364 e. The number of primary amides is 1. The van der Waals surface area contributed by atoms with E-state index in [1.54, 1.807) is 12.3 Å². The molecule has 0 aliphatic carbocycles. The Morgan fingerprint density at radius 1 is 1.54 bits per heavy atom. The minimum atomic E-state index is -0.479. The Bertz CT molecular complexity index is 299. The van der Waals surface area contributed by atoms with E-state index in [-0.39, 0.29) is 0 Å². The lowest BCUT2D eigenvalue weighted by atomic mass is 10.1. The van der Waals surface area contributed by atoms with Crippen LogP contribution in [0.1, 0.15) is 22.5 Å². The summed E-state index contributed by atoms with van der Waals surface area (Å²) in [6.07, 6.45) is 3.15. The number of hydrogen-bond acceptors (Lipinski definition) is 3. The van der Waals surface area contributed by atoms with E-state index in [1.807, 2.05) is 6.07 Å². The topological polar surface area (TPSA) is 82.0 Å². The molecule has 0 aromatic carbocycles. The fourth-order valence-corrected chi connectivity index (χ4v) is 1.15. The summed E-state index contributed by atoms with van der Waals surface area (Å²) in [7, 11) is 0. The van der Waals surface area contributed by atoms with Crippen LogP contribution in [0.15, 0.2) is 18.3 Å². The number of aryl methyl sites for hydroxylation is 1. The average Bonchev–Trinajstić information content (AvgIpc) is 2.15. The summed E-state index contributed by atoms with van der Waals surface area (Å²) in [5.74, 6) is -0.479. The van der Waals surface area contributed by atoms with Gasteiger partial charge in [0.2, 0.25) is 0 Å². The van der Waals surface area contributed by atoms with Crippen molar-refractivity contribution < 1.29 is 4.79 Å². The van der Waals surface area contributed by atoms with E-state index < -0.39 is 5.91 Å². The predicted molar refractivity (Wildman–Crippen MR) is 50.1 cm³/mol. The third-order valence-electron chi connectivity index (χ3n) is 1.77. The Hall–Kier alpha value is -1.42. The Morgan fingerprint density at radius 3 is 2.92 bits per heavy atom. The predicted octanol–water partition coefficient (Wildman–Crippen LogP) is 0.0718. The smallest absolute Gasteiger partial charge is 0.267 e. The van der Waals surface area contributed by atoms with Crippen molar-refractivity contribution in [3.63, 3.8) is 0 Å². The average molecular weight is 179 g/mol. The van der Waals surface area contributed by atoms with Gasteiger partial charge in [0.15, 0.2) is 0 Å². The first kappa shape index (κ1) is 9.67. The number of nitrogens with zero attached hydrogens (tertiary/aromatic N) is 1. The van der Waals surface area contributed by atoms with Crippen LogP contribution in [0.4, 0.5) is 0 Å². The molecule has 0 fully saturated rings. The summed E-state index contributed by atoms with van der Waals surface area (Å²) in [5.41, 5.74) is 11.8. The highest BCUT2D eigenvalue weighted by atomic mass is 16.1. The van der Waals surface area contributed by atoms with Crippen molar-refractivity contribution in [3.8, 4) is 0 Å². The lowest BCUT2D eigenvalue weighted by Gasteiger charge is -2.03. The monoisotopic (exact) mass is 179 g/mol. The molecule has 1 rings (SSSR count). The lowest BCUT2D eigenvalue weighted by Crippen LogP contribution is -2.16. The fourth-order valence-electron chi connectivity index (χ4n) is 1.15. The standard InChI is InChI=1S/C9H13N3O/c10-5-1-3-7-4-2-6-12-8(7)9(11)13/h2,4,6H,1,3,5,10H2,(H2,11,13). The van der Waals surface area contributed by atoms with Gasteiger partial charge >= 0.3 is 0 Å². The molecule has 0 spiro atoms. The third kappa shape index (κ3) is 2.52. The Morgan fingerprint density at radius 2 is 2.31 bits per heavy atom. The number of amides is 1. The van der Waals surface area contributed by atoms with Crippen LogP contribution in [0.3, 0.4) is 0 Å². The van der Waals surface area contributed by atoms with Crippen LogP contribution in [0.2, 0.25) is 0 Å². The molecule has 0 aliphatic heterocycles. The maximum atomic E-state index is 10.9. The molecule has 1 amide bonds. The number of hydrogen-bond donors (Lipinski definition) is 2. The molecule has 1 aromatic heterocycles. The van der Waals surface area contributed by atoms with Gasteiger partial charge in [-0.15, -0.1) is 0 Å². The molecule has 70 valence electrons.